The zero-order valence-electron chi connectivity index (χ0n) is 11.5. The van der Waals surface area contributed by atoms with E-state index in [1.54, 1.807) is 31.4 Å². The molecule has 110 valence electrons. The predicted molar refractivity (Wildman–Crippen MR) is 83.9 cm³/mol. The number of nitrogens with two attached hydrogens (primary N) is 1. The number of hydrogen-bond donors (Lipinski definition) is 1. The van der Waals surface area contributed by atoms with Gasteiger partial charge in [-0.3, -0.25) is 4.79 Å². The molecular weight excluding hydrogens is 291 g/mol. The molecule has 0 aliphatic rings. The highest BCUT2D eigenvalue weighted by molar-refractivity contribution is 7.80. The molecule has 0 unspecified atom stereocenters. The molecule has 2 rings (SSSR count). The highest BCUT2D eigenvalue weighted by Gasteiger charge is 2.12. The molecule has 1 aromatic carbocycles. The van der Waals surface area contributed by atoms with Gasteiger partial charge in [0.2, 0.25) is 0 Å². The lowest BCUT2D eigenvalue weighted by molar-refractivity contribution is 0.186. The number of pyridine rings is 1. The topological polar surface area (TPSA) is 57.2 Å². The van der Waals surface area contributed by atoms with Gasteiger partial charge in [0.15, 0.2) is 0 Å². The summed E-state index contributed by atoms with van der Waals surface area (Å²) in [5.74, 6) is -0.329. The van der Waals surface area contributed by atoms with Crippen LogP contribution in [0.4, 0.5) is 4.39 Å². The van der Waals surface area contributed by atoms with E-state index in [1.807, 2.05) is 0 Å². The number of hydrogen-bond acceptors (Lipinski definition) is 3. The van der Waals surface area contributed by atoms with E-state index in [0.717, 1.165) is 5.56 Å². The average Bonchev–Trinajstić information content (AvgIpc) is 2.46. The third-order valence-corrected chi connectivity index (χ3v) is 3.32. The van der Waals surface area contributed by atoms with Crippen molar-refractivity contribution in [3.63, 3.8) is 0 Å². The Hall–Kier alpha value is -2.05. The lowest BCUT2D eigenvalue weighted by Gasteiger charge is -2.14. The monoisotopic (exact) mass is 306 g/mol. The molecule has 0 aliphatic heterocycles. The first kappa shape index (κ1) is 15.3. The summed E-state index contributed by atoms with van der Waals surface area (Å²) in [6.45, 7) is 0.730. The second-order valence-electron chi connectivity index (χ2n) is 4.45. The molecule has 0 bridgehead atoms. The number of nitrogens with zero attached hydrogens (tertiary/aromatic N) is 1. The van der Waals surface area contributed by atoms with Gasteiger partial charge in [-0.1, -0.05) is 12.2 Å². The molecular formula is C15H15FN2O2S. The average molecular weight is 306 g/mol. The van der Waals surface area contributed by atoms with Crippen LogP contribution < -0.4 is 11.3 Å². The number of aromatic nitrogens is 1. The van der Waals surface area contributed by atoms with E-state index in [9.17, 15) is 9.18 Å². The lowest BCUT2D eigenvalue weighted by atomic mass is 10.1. The van der Waals surface area contributed by atoms with E-state index in [-0.39, 0.29) is 21.9 Å². The Morgan fingerprint density at radius 1 is 1.29 bits per heavy atom. The largest absolute Gasteiger partial charge is 0.389 e. The van der Waals surface area contributed by atoms with E-state index in [4.69, 9.17) is 22.7 Å². The first-order valence-electron chi connectivity index (χ1n) is 6.33. The smallest absolute Gasteiger partial charge is 0.261 e. The molecule has 0 radical (unpaired) electrons. The van der Waals surface area contributed by atoms with Crippen LogP contribution in [0.25, 0.3) is 11.3 Å². The van der Waals surface area contributed by atoms with Crippen molar-refractivity contribution in [2.75, 3.05) is 13.7 Å². The second kappa shape index (κ2) is 6.60. The van der Waals surface area contributed by atoms with Crippen LogP contribution in [0.5, 0.6) is 0 Å². The van der Waals surface area contributed by atoms with Crippen molar-refractivity contribution in [1.29, 1.82) is 0 Å². The SMILES string of the molecule is COCCn1c(-c2ccc(F)cc2)ccc(C(N)=S)c1=O. The van der Waals surface area contributed by atoms with Gasteiger partial charge >= 0.3 is 0 Å². The van der Waals surface area contributed by atoms with Gasteiger partial charge in [0.1, 0.15) is 10.8 Å². The van der Waals surface area contributed by atoms with Gasteiger partial charge in [0.25, 0.3) is 5.56 Å². The third kappa shape index (κ3) is 3.34. The highest BCUT2D eigenvalue weighted by atomic mass is 32.1. The maximum atomic E-state index is 13.0. The summed E-state index contributed by atoms with van der Waals surface area (Å²) in [5, 5.41) is 0. The number of ether oxygens (including phenoxy) is 1. The van der Waals surface area contributed by atoms with Crippen LogP contribution in [0.2, 0.25) is 0 Å². The van der Waals surface area contributed by atoms with Gasteiger partial charge in [-0.25, -0.2) is 4.39 Å². The van der Waals surface area contributed by atoms with Crippen molar-refractivity contribution in [3.8, 4) is 11.3 Å². The molecule has 1 heterocycles. The zero-order chi connectivity index (χ0) is 15.4. The van der Waals surface area contributed by atoms with Crippen LogP contribution >= 0.6 is 12.2 Å². The van der Waals surface area contributed by atoms with E-state index in [0.29, 0.717) is 18.8 Å². The van der Waals surface area contributed by atoms with E-state index >= 15 is 0 Å². The predicted octanol–water partition coefficient (Wildman–Crippen LogP) is 1.93. The maximum Gasteiger partial charge on any atom is 0.261 e. The molecule has 0 saturated carbocycles. The minimum Gasteiger partial charge on any atom is -0.389 e. The normalized spacial score (nSPS) is 10.6. The number of benzene rings is 1. The van der Waals surface area contributed by atoms with Crippen LogP contribution in [0.1, 0.15) is 5.56 Å². The van der Waals surface area contributed by atoms with Gasteiger partial charge in [-0.05, 0) is 42.0 Å². The minimum atomic E-state index is -0.329. The van der Waals surface area contributed by atoms with Crippen molar-refractivity contribution < 1.29 is 9.13 Å². The summed E-state index contributed by atoms with van der Waals surface area (Å²) in [6, 6.07) is 9.27. The lowest BCUT2D eigenvalue weighted by Crippen LogP contribution is -2.31. The number of methoxy groups -OCH3 is 1. The van der Waals surface area contributed by atoms with Crippen molar-refractivity contribution in [2.24, 2.45) is 5.73 Å². The molecule has 6 heteroatoms. The Bertz CT molecular complexity index is 711. The summed E-state index contributed by atoms with van der Waals surface area (Å²) in [6.07, 6.45) is 0. The number of thiocarbonyl (C=S) groups is 1. The molecule has 4 nitrogen and oxygen atoms in total. The van der Waals surface area contributed by atoms with Gasteiger partial charge < -0.3 is 15.0 Å². The molecule has 0 fully saturated rings. The first-order valence-corrected chi connectivity index (χ1v) is 6.74. The Labute approximate surface area is 127 Å². The minimum absolute atomic E-state index is 0.0526. The van der Waals surface area contributed by atoms with Crippen molar-refractivity contribution in [1.82, 2.24) is 4.57 Å². The molecule has 2 aromatic rings. The molecule has 0 spiro atoms. The fourth-order valence-electron chi connectivity index (χ4n) is 2.04. The number of halogens is 1. The molecule has 1 aromatic heterocycles. The van der Waals surface area contributed by atoms with Crippen LogP contribution in [0.15, 0.2) is 41.2 Å². The molecule has 2 N–H and O–H groups in total. The van der Waals surface area contributed by atoms with Crippen LogP contribution in [-0.2, 0) is 11.3 Å². The van der Waals surface area contributed by atoms with Gasteiger partial charge in [-0.2, -0.15) is 0 Å². The first-order chi connectivity index (χ1) is 10.0. The van der Waals surface area contributed by atoms with Crippen molar-refractivity contribution in [3.05, 3.63) is 58.1 Å². The standard InChI is InChI=1S/C15H15FN2O2S/c1-20-9-8-18-13(10-2-4-11(16)5-3-10)7-6-12(14(17)21)15(18)19/h2-7H,8-9H2,1H3,(H2,17,21). The Morgan fingerprint density at radius 2 is 1.95 bits per heavy atom. The van der Waals surface area contributed by atoms with Crippen molar-refractivity contribution >= 4 is 17.2 Å². The van der Waals surface area contributed by atoms with Crippen LogP contribution in [0, 0.1) is 5.82 Å². The Kier molecular flexibility index (Phi) is 4.82. The summed E-state index contributed by atoms with van der Waals surface area (Å²) in [5.41, 5.74) is 6.96. The summed E-state index contributed by atoms with van der Waals surface area (Å²) < 4.78 is 19.6. The maximum absolute atomic E-state index is 13.0. The molecule has 0 atom stereocenters. The molecule has 0 amide bonds. The zero-order valence-corrected chi connectivity index (χ0v) is 12.3. The second-order valence-corrected chi connectivity index (χ2v) is 4.89. The van der Waals surface area contributed by atoms with Crippen LogP contribution in [-0.4, -0.2) is 23.3 Å². The van der Waals surface area contributed by atoms with Crippen LogP contribution in [0.3, 0.4) is 0 Å². The van der Waals surface area contributed by atoms with Gasteiger partial charge in [-0.15, -0.1) is 0 Å². The quantitative estimate of drug-likeness (QED) is 0.858. The van der Waals surface area contributed by atoms with Gasteiger partial charge in [0.05, 0.1) is 17.9 Å². The Morgan fingerprint density at radius 3 is 2.52 bits per heavy atom. The third-order valence-electron chi connectivity index (χ3n) is 3.10. The fraction of sp³-hybridized carbons (Fsp3) is 0.200. The highest BCUT2D eigenvalue weighted by Crippen LogP contribution is 2.19. The Balaban J connectivity index is 2.59. The van der Waals surface area contributed by atoms with Crippen molar-refractivity contribution in [2.45, 2.75) is 6.54 Å². The molecule has 0 saturated heterocycles. The fourth-order valence-corrected chi connectivity index (χ4v) is 2.20. The van der Waals surface area contributed by atoms with E-state index in [1.165, 1.54) is 16.7 Å². The molecule has 0 aliphatic carbocycles. The number of rotatable bonds is 5. The summed E-state index contributed by atoms with van der Waals surface area (Å²) >= 11 is 4.88. The molecule has 21 heavy (non-hydrogen) atoms. The van der Waals surface area contributed by atoms with E-state index < -0.39 is 0 Å². The van der Waals surface area contributed by atoms with E-state index in [2.05, 4.69) is 0 Å². The van der Waals surface area contributed by atoms with Gasteiger partial charge in [0, 0.05) is 13.7 Å². The summed E-state index contributed by atoms with van der Waals surface area (Å²) in [4.78, 5) is 12.5. The summed E-state index contributed by atoms with van der Waals surface area (Å²) in [7, 11) is 1.56.